The van der Waals surface area contributed by atoms with Crippen LogP contribution in [0.3, 0.4) is 0 Å². The minimum Gasteiger partial charge on any atom is -0.358 e. The van der Waals surface area contributed by atoms with Crippen LogP contribution in [-0.4, -0.2) is 32.8 Å². The zero-order valence-corrected chi connectivity index (χ0v) is 11.4. The Labute approximate surface area is 116 Å². The molecule has 0 saturated heterocycles. The van der Waals surface area contributed by atoms with Gasteiger partial charge >= 0.3 is 6.18 Å². The number of nitrogens with zero attached hydrogens (tertiary/aromatic N) is 3. The summed E-state index contributed by atoms with van der Waals surface area (Å²) in [6, 6.07) is 2.19. The lowest BCUT2D eigenvalue weighted by molar-refractivity contribution is -0.137. The third-order valence-electron chi connectivity index (χ3n) is 2.60. The molecule has 9 heteroatoms. The third-order valence-corrected chi connectivity index (χ3v) is 3.65. The number of thioether (sulfide) groups is 1. The number of carbonyl (C=O) groups excluding carboxylic acids is 1. The van der Waals surface area contributed by atoms with Crippen molar-refractivity contribution in [1.82, 2.24) is 19.9 Å². The van der Waals surface area contributed by atoms with Crippen molar-refractivity contribution < 1.29 is 18.0 Å². The lowest BCUT2D eigenvalue weighted by Crippen LogP contribution is -2.27. The molecule has 5 nitrogen and oxygen atoms in total. The van der Waals surface area contributed by atoms with Crippen molar-refractivity contribution in [2.75, 3.05) is 7.05 Å². The largest absolute Gasteiger partial charge is 0.417 e. The van der Waals surface area contributed by atoms with E-state index in [9.17, 15) is 18.0 Å². The molecule has 20 heavy (non-hydrogen) atoms. The maximum absolute atomic E-state index is 12.7. The number of nitrogens with one attached hydrogen (secondary N) is 1. The van der Waals surface area contributed by atoms with Crippen molar-refractivity contribution in [3.8, 4) is 0 Å². The molecule has 108 valence electrons. The second kappa shape index (κ2) is 5.31. The first kappa shape index (κ1) is 14.6. The van der Waals surface area contributed by atoms with E-state index in [0.717, 1.165) is 24.0 Å². The second-order valence-corrected chi connectivity index (χ2v) is 5.31. The van der Waals surface area contributed by atoms with E-state index in [1.807, 2.05) is 0 Å². The number of alkyl halides is 3. The van der Waals surface area contributed by atoms with Crippen LogP contribution in [0.15, 0.2) is 23.5 Å². The molecule has 0 spiro atoms. The number of fused-ring (bicyclic) bond motifs is 1. The summed E-state index contributed by atoms with van der Waals surface area (Å²) in [5, 5.41) is 9.79. The van der Waals surface area contributed by atoms with E-state index in [-0.39, 0.29) is 11.1 Å². The van der Waals surface area contributed by atoms with Crippen LogP contribution in [-0.2, 0) is 11.0 Å². The van der Waals surface area contributed by atoms with Crippen LogP contribution in [0.25, 0.3) is 5.65 Å². The van der Waals surface area contributed by atoms with E-state index >= 15 is 0 Å². The molecule has 1 atom stereocenters. The molecular formula is C11H11F3N4OS. The molecule has 2 heterocycles. The second-order valence-electron chi connectivity index (χ2n) is 4.00. The molecule has 0 saturated carbocycles. The Bertz CT molecular complexity index is 640. The zero-order valence-electron chi connectivity index (χ0n) is 10.6. The van der Waals surface area contributed by atoms with E-state index in [1.165, 1.54) is 17.5 Å². The summed E-state index contributed by atoms with van der Waals surface area (Å²) in [6.45, 7) is 1.64. The molecule has 0 radical (unpaired) electrons. The van der Waals surface area contributed by atoms with Gasteiger partial charge in [0.05, 0.1) is 10.8 Å². The Morgan fingerprint density at radius 3 is 2.70 bits per heavy atom. The predicted octanol–water partition coefficient (Wildman–Crippen LogP) is 1.97. The van der Waals surface area contributed by atoms with Gasteiger partial charge in [-0.1, -0.05) is 11.8 Å². The molecule has 0 bridgehead atoms. The molecule has 0 aliphatic heterocycles. The summed E-state index contributed by atoms with van der Waals surface area (Å²) in [7, 11) is 1.49. The molecule has 2 rings (SSSR count). The minimum absolute atomic E-state index is 0.237. The highest BCUT2D eigenvalue weighted by Crippen LogP contribution is 2.30. The Hall–Kier alpha value is -1.77. The van der Waals surface area contributed by atoms with Crippen molar-refractivity contribution in [2.24, 2.45) is 0 Å². The van der Waals surface area contributed by atoms with Crippen molar-refractivity contribution in [3.05, 3.63) is 23.9 Å². The number of halogens is 3. The quantitative estimate of drug-likeness (QED) is 0.881. The number of carbonyl (C=O) groups is 1. The lowest BCUT2D eigenvalue weighted by Gasteiger charge is -2.09. The van der Waals surface area contributed by atoms with Gasteiger partial charge in [0.1, 0.15) is 0 Å². The van der Waals surface area contributed by atoms with E-state index < -0.39 is 17.0 Å². The summed E-state index contributed by atoms with van der Waals surface area (Å²) in [4.78, 5) is 11.4. The minimum atomic E-state index is -4.44. The summed E-state index contributed by atoms with van der Waals surface area (Å²) < 4.78 is 39.3. The average Bonchev–Trinajstić information content (AvgIpc) is 2.79. The molecule has 1 N–H and O–H groups in total. The summed E-state index contributed by atoms with van der Waals surface area (Å²) in [5.41, 5.74) is -0.496. The number of rotatable bonds is 3. The molecular weight excluding hydrogens is 293 g/mol. The standard InChI is InChI=1S/C11H11F3N4OS/c1-6(9(19)15-2)20-10-17-16-8-4-3-7(5-18(8)10)11(12,13)14/h3-6H,1-2H3,(H,15,19)/t6-/m1/s1. The molecule has 0 aromatic carbocycles. The van der Waals surface area contributed by atoms with Gasteiger partial charge in [-0.25, -0.2) is 0 Å². The van der Waals surface area contributed by atoms with Gasteiger partial charge in [-0.2, -0.15) is 13.2 Å². The molecule has 2 aromatic heterocycles. The number of amides is 1. The van der Waals surface area contributed by atoms with E-state index in [0.29, 0.717) is 5.65 Å². The molecule has 0 aliphatic rings. The first-order valence-electron chi connectivity index (χ1n) is 5.63. The SMILES string of the molecule is CNC(=O)[C@@H](C)Sc1nnc2ccc(C(F)(F)F)cn12. The highest BCUT2D eigenvalue weighted by atomic mass is 32.2. The van der Waals surface area contributed by atoms with Crippen LogP contribution in [0.4, 0.5) is 13.2 Å². The highest BCUT2D eigenvalue weighted by molar-refractivity contribution is 8.00. The van der Waals surface area contributed by atoms with E-state index in [4.69, 9.17) is 0 Å². The van der Waals surface area contributed by atoms with Gasteiger partial charge < -0.3 is 5.32 Å². The van der Waals surface area contributed by atoms with Crippen molar-refractivity contribution >= 4 is 23.3 Å². The van der Waals surface area contributed by atoms with Gasteiger partial charge in [0.2, 0.25) is 5.91 Å². The van der Waals surface area contributed by atoms with Gasteiger partial charge in [0, 0.05) is 13.2 Å². The van der Waals surface area contributed by atoms with Gasteiger partial charge in [0.25, 0.3) is 0 Å². The van der Waals surface area contributed by atoms with Gasteiger partial charge in [-0.05, 0) is 19.1 Å². The van der Waals surface area contributed by atoms with Crippen molar-refractivity contribution in [2.45, 2.75) is 23.5 Å². The maximum atomic E-state index is 12.7. The summed E-state index contributed by atoms with van der Waals surface area (Å²) in [6.07, 6.45) is -3.51. The third kappa shape index (κ3) is 2.87. The van der Waals surface area contributed by atoms with Crippen LogP contribution in [0.2, 0.25) is 0 Å². The summed E-state index contributed by atoms with van der Waals surface area (Å²) in [5.74, 6) is -0.237. The lowest BCUT2D eigenvalue weighted by atomic mass is 10.3. The van der Waals surface area contributed by atoms with Gasteiger partial charge in [-0.15, -0.1) is 10.2 Å². The molecule has 2 aromatic rings. The molecule has 0 aliphatic carbocycles. The fourth-order valence-electron chi connectivity index (χ4n) is 1.53. The normalized spacial score (nSPS) is 13.4. The number of aromatic nitrogens is 3. The monoisotopic (exact) mass is 304 g/mol. The van der Waals surface area contributed by atoms with Gasteiger partial charge in [0.15, 0.2) is 10.8 Å². The number of hydrogen-bond donors (Lipinski definition) is 1. The van der Waals surface area contributed by atoms with Crippen molar-refractivity contribution in [1.29, 1.82) is 0 Å². The Balaban J connectivity index is 2.37. The number of hydrogen-bond acceptors (Lipinski definition) is 4. The Morgan fingerprint density at radius 2 is 2.10 bits per heavy atom. The average molecular weight is 304 g/mol. The Morgan fingerprint density at radius 1 is 1.40 bits per heavy atom. The molecule has 1 amide bonds. The topological polar surface area (TPSA) is 59.3 Å². The van der Waals surface area contributed by atoms with Crippen LogP contribution in [0.5, 0.6) is 0 Å². The fourth-order valence-corrected chi connectivity index (χ4v) is 2.42. The Kier molecular flexibility index (Phi) is 3.89. The van der Waals surface area contributed by atoms with Crippen LogP contribution in [0.1, 0.15) is 12.5 Å². The zero-order chi connectivity index (χ0) is 14.9. The number of pyridine rings is 1. The van der Waals surface area contributed by atoms with Crippen molar-refractivity contribution in [3.63, 3.8) is 0 Å². The summed E-state index contributed by atoms with van der Waals surface area (Å²) >= 11 is 1.04. The van der Waals surface area contributed by atoms with E-state index in [1.54, 1.807) is 6.92 Å². The fraction of sp³-hybridized carbons (Fsp3) is 0.364. The van der Waals surface area contributed by atoms with Gasteiger partial charge in [-0.3, -0.25) is 9.20 Å². The highest BCUT2D eigenvalue weighted by Gasteiger charge is 2.31. The smallest absolute Gasteiger partial charge is 0.358 e. The maximum Gasteiger partial charge on any atom is 0.417 e. The predicted molar refractivity (Wildman–Crippen MR) is 67.4 cm³/mol. The van der Waals surface area contributed by atoms with Crippen LogP contribution in [0, 0.1) is 0 Å². The van der Waals surface area contributed by atoms with Crippen LogP contribution >= 0.6 is 11.8 Å². The first-order valence-corrected chi connectivity index (χ1v) is 6.51. The first-order chi connectivity index (χ1) is 9.32. The van der Waals surface area contributed by atoms with Crippen LogP contribution < -0.4 is 5.32 Å². The molecule has 0 fully saturated rings. The van der Waals surface area contributed by atoms with E-state index in [2.05, 4.69) is 15.5 Å². The molecule has 0 unspecified atom stereocenters.